The van der Waals surface area contributed by atoms with Crippen molar-refractivity contribution in [2.75, 3.05) is 5.32 Å². The third-order valence-corrected chi connectivity index (χ3v) is 3.97. The van der Waals surface area contributed by atoms with Crippen molar-refractivity contribution < 1.29 is 23.1 Å². The predicted octanol–water partition coefficient (Wildman–Crippen LogP) is 3.57. The number of aromatic nitrogens is 1. The van der Waals surface area contributed by atoms with Crippen molar-refractivity contribution >= 4 is 17.6 Å². The Kier molecular flexibility index (Phi) is 5.27. The van der Waals surface area contributed by atoms with Gasteiger partial charge in [-0.25, -0.2) is 9.18 Å². The smallest absolute Gasteiger partial charge is 0.343 e. The van der Waals surface area contributed by atoms with E-state index in [1.54, 1.807) is 29.1 Å². The fourth-order valence-corrected chi connectivity index (χ4v) is 2.61. The number of amides is 1. The molecule has 2 aromatic heterocycles. The summed E-state index contributed by atoms with van der Waals surface area (Å²) in [6.45, 7) is 2.91. The number of nitrogens with one attached hydrogen (secondary N) is 1. The third kappa shape index (κ3) is 3.78. The number of hydrogen-bond donors (Lipinski definition) is 1. The Bertz CT molecular complexity index is 1060. The average Bonchev–Trinajstić information content (AvgIpc) is 3.28. The Balaban J connectivity index is 1.77. The van der Waals surface area contributed by atoms with Gasteiger partial charge < -0.3 is 14.5 Å². The van der Waals surface area contributed by atoms with Gasteiger partial charge in [0.25, 0.3) is 5.91 Å². The van der Waals surface area contributed by atoms with Crippen LogP contribution in [0.1, 0.15) is 28.6 Å². The van der Waals surface area contributed by atoms with Gasteiger partial charge in [-0.05, 0) is 44.2 Å². The number of benzene rings is 1. The molecule has 0 aliphatic rings. The Morgan fingerprint density at radius 3 is 2.64 bits per heavy atom. The Hall–Kier alpha value is -3.86. The van der Waals surface area contributed by atoms with E-state index in [2.05, 4.69) is 5.32 Å². The van der Waals surface area contributed by atoms with Gasteiger partial charge in [0.1, 0.15) is 28.8 Å². The zero-order valence-corrected chi connectivity index (χ0v) is 15.1. The minimum Gasteiger partial charge on any atom is -0.449 e. The lowest BCUT2D eigenvalue weighted by molar-refractivity contribution is -0.123. The van der Waals surface area contributed by atoms with E-state index < -0.39 is 23.8 Å². The summed E-state index contributed by atoms with van der Waals surface area (Å²) >= 11 is 0. The number of rotatable bonds is 5. The van der Waals surface area contributed by atoms with Gasteiger partial charge in [0.05, 0.1) is 0 Å². The number of hydrogen-bond acceptors (Lipinski definition) is 5. The van der Waals surface area contributed by atoms with Crippen molar-refractivity contribution in [3.05, 3.63) is 71.5 Å². The Labute approximate surface area is 159 Å². The second kappa shape index (κ2) is 7.80. The summed E-state index contributed by atoms with van der Waals surface area (Å²) in [5, 5.41) is 11.9. The van der Waals surface area contributed by atoms with Crippen molar-refractivity contribution in [3.63, 3.8) is 0 Å². The van der Waals surface area contributed by atoms with Crippen molar-refractivity contribution in [1.29, 1.82) is 5.26 Å². The van der Waals surface area contributed by atoms with Crippen LogP contribution in [0.4, 0.5) is 10.1 Å². The molecular formula is C20H16FN3O4. The van der Waals surface area contributed by atoms with Crippen LogP contribution >= 0.6 is 0 Å². The van der Waals surface area contributed by atoms with Gasteiger partial charge in [0.15, 0.2) is 6.10 Å². The van der Waals surface area contributed by atoms with Gasteiger partial charge in [-0.2, -0.15) is 5.26 Å². The number of anilines is 1. The third-order valence-electron chi connectivity index (χ3n) is 3.97. The highest BCUT2D eigenvalue weighted by Gasteiger charge is 2.28. The number of aryl methyl sites for hydroxylation is 1. The number of nitriles is 1. The summed E-state index contributed by atoms with van der Waals surface area (Å²) in [6.07, 6.45) is 2.17. The quantitative estimate of drug-likeness (QED) is 0.682. The number of furan rings is 1. The van der Waals surface area contributed by atoms with E-state index in [0.29, 0.717) is 0 Å². The molecule has 1 aromatic carbocycles. The predicted molar refractivity (Wildman–Crippen MR) is 97.4 cm³/mol. The lowest BCUT2D eigenvalue weighted by Gasteiger charge is -2.13. The molecule has 0 aliphatic heterocycles. The Morgan fingerprint density at radius 2 is 2.00 bits per heavy atom. The van der Waals surface area contributed by atoms with Crippen LogP contribution in [0.15, 0.2) is 53.2 Å². The fourth-order valence-electron chi connectivity index (χ4n) is 2.61. The maximum Gasteiger partial charge on any atom is 0.343 e. The molecule has 0 saturated heterocycles. The maximum absolute atomic E-state index is 13.2. The van der Waals surface area contributed by atoms with E-state index in [1.165, 1.54) is 32.0 Å². The molecule has 3 rings (SSSR count). The van der Waals surface area contributed by atoms with E-state index in [0.717, 1.165) is 6.07 Å². The standard InChI is InChI=1S/C20H16FN3O4/c1-12-17(16(11-22)19(27-12)24-8-3-4-9-24)20(26)28-13(2)18(25)23-15-7-5-6-14(21)10-15/h3-10,13H,1-2H3,(H,23,25)/t13-/m1/s1. The molecule has 0 aliphatic carbocycles. The summed E-state index contributed by atoms with van der Waals surface area (Å²) < 4.78 is 25.5. The highest BCUT2D eigenvalue weighted by atomic mass is 19.1. The van der Waals surface area contributed by atoms with Gasteiger partial charge in [-0.3, -0.25) is 9.36 Å². The van der Waals surface area contributed by atoms with Crippen molar-refractivity contribution in [2.24, 2.45) is 0 Å². The van der Waals surface area contributed by atoms with Crippen LogP contribution in [0.5, 0.6) is 0 Å². The molecule has 0 spiro atoms. The van der Waals surface area contributed by atoms with Crippen LogP contribution in [-0.4, -0.2) is 22.5 Å². The molecule has 0 bridgehead atoms. The lowest BCUT2D eigenvalue weighted by atomic mass is 10.1. The summed E-state index contributed by atoms with van der Waals surface area (Å²) in [7, 11) is 0. The van der Waals surface area contributed by atoms with E-state index in [9.17, 15) is 19.2 Å². The molecule has 2 heterocycles. The van der Waals surface area contributed by atoms with Crippen molar-refractivity contribution in [2.45, 2.75) is 20.0 Å². The zero-order chi connectivity index (χ0) is 20.3. The minimum atomic E-state index is -1.17. The van der Waals surface area contributed by atoms with Gasteiger partial charge >= 0.3 is 5.97 Å². The van der Waals surface area contributed by atoms with Crippen LogP contribution in [0.25, 0.3) is 5.88 Å². The molecule has 0 radical (unpaired) electrons. The molecule has 28 heavy (non-hydrogen) atoms. The zero-order valence-electron chi connectivity index (χ0n) is 15.1. The van der Waals surface area contributed by atoms with Crippen LogP contribution in [0.2, 0.25) is 0 Å². The molecule has 8 heteroatoms. The van der Waals surface area contributed by atoms with E-state index in [-0.39, 0.29) is 28.5 Å². The van der Waals surface area contributed by atoms with Crippen LogP contribution in [-0.2, 0) is 9.53 Å². The summed E-state index contributed by atoms with van der Waals surface area (Å²) in [6, 6.07) is 10.8. The summed E-state index contributed by atoms with van der Waals surface area (Å²) in [5.41, 5.74) is 0.202. The number of nitrogens with zero attached hydrogens (tertiary/aromatic N) is 2. The first-order valence-electron chi connectivity index (χ1n) is 8.35. The van der Waals surface area contributed by atoms with Gasteiger partial charge in [0.2, 0.25) is 5.88 Å². The van der Waals surface area contributed by atoms with Gasteiger partial charge in [-0.15, -0.1) is 0 Å². The molecular weight excluding hydrogens is 365 g/mol. The first-order valence-corrected chi connectivity index (χ1v) is 8.35. The molecule has 1 N–H and O–H groups in total. The number of carbonyl (C=O) groups excluding carboxylic acids is 2. The summed E-state index contributed by atoms with van der Waals surface area (Å²) in [4.78, 5) is 24.8. The van der Waals surface area contributed by atoms with E-state index in [4.69, 9.17) is 9.15 Å². The van der Waals surface area contributed by atoms with Crippen LogP contribution in [0, 0.1) is 24.1 Å². The maximum atomic E-state index is 13.2. The molecule has 1 atom stereocenters. The first-order chi connectivity index (χ1) is 13.4. The SMILES string of the molecule is Cc1oc(-n2cccc2)c(C#N)c1C(=O)O[C@H](C)C(=O)Nc1cccc(F)c1. The number of halogens is 1. The number of ether oxygens (including phenoxy) is 1. The Morgan fingerprint density at radius 1 is 1.29 bits per heavy atom. The first kappa shape index (κ1) is 18.9. The molecule has 142 valence electrons. The summed E-state index contributed by atoms with van der Waals surface area (Å²) in [5.74, 6) is -1.62. The number of esters is 1. The molecule has 0 fully saturated rings. The largest absolute Gasteiger partial charge is 0.449 e. The van der Waals surface area contributed by atoms with Gasteiger partial charge in [0, 0.05) is 18.1 Å². The second-order valence-corrected chi connectivity index (χ2v) is 5.96. The molecule has 1 amide bonds. The number of carbonyl (C=O) groups is 2. The van der Waals surface area contributed by atoms with Crippen molar-refractivity contribution in [1.82, 2.24) is 4.57 Å². The highest BCUT2D eigenvalue weighted by Crippen LogP contribution is 2.26. The lowest BCUT2D eigenvalue weighted by Crippen LogP contribution is -2.30. The molecule has 7 nitrogen and oxygen atoms in total. The monoisotopic (exact) mass is 381 g/mol. The molecule has 0 saturated carbocycles. The second-order valence-electron chi connectivity index (χ2n) is 5.96. The van der Waals surface area contributed by atoms with E-state index >= 15 is 0 Å². The molecule has 0 unspecified atom stereocenters. The average molecular weight is 381 g/mol. The van der Waals surface area contributed by atoms with Crippen LogP contribution < -0.4 is 5.32 Å². The van der Waals surface area contributed by atoms with Crippen LogP contribution in [0.3, 0.4) is 0 Å². The van der Waals surface area contributed by atoms with Crippen molar-refractivity contribution in [3.8, 4) is 12.0 Å². The normalized spacial score (nSPS) is 11.5. The van der Waals surface area contributed by atoms with Gasteiger partial charge in [-0.1, -0.05) is 6.07 Å². The fraction of sp³-hybridized carbons (Fsp3) is 0.150. The topological polar surface area (TPSA) is 97.3 Å². The highest BCUT2D eigenvalue weighted by molar-refractivity contribution is 5.99. The molecule has 3 aromatic rings. The van der Waals surface area contributed by atoms with E-state index in [1.807, 2.05) is 6.07 Å². The minimum absolute atomic E-state index is 0.0106.